The van der Waals surface area contributed by atoms with Crippen molar-refractivity contribution in [3.8, 4) is 17.1 Å². The summed E-state index contributed by atoms with van der Waals surface area (Å²) in [5, 5.41) is 9.56. The van der Waals surface area contributed by atoms with Gasteiger partial charge >= 0.3 is 0 Å². The zero-order chi connectivity index (χ0) is 13.9. The highest BCUT2D eigenvalue weighted by atomic mass is 16.3. The fourth-order valence-corrected chi connectivity index (χ4v) is 2.23. The molecule has 0 aliphatic carbocycles. The van der Waals surface area contributed by atoms with Crippen LogP contribution in [-0.2, 0) is 0 Å². The molecule has 0 bridgehead atoms. The van der Waals surface area contributed by atoms with E-state index in [2.05, 4.69) is 4.98 Å². The average Bonchev–Trinajstić information content (AvgIpc) is 2.97. The molecule has 1 aromatic heterocycles. The molecule has 0 saturated carbocycles. The predicted octanol–water partition coefficient (Wildman–Crippen LogP) is 3.59. The van der Waals surface area contributed by atoms with E-state index in [0.29, 0.717) is 0 Å². The zero-order valence-electron chi connectivity index (χ0n) is 11.3. The third kappa shape index (κ3) is 2.36. The normalized spacial score (nSPS) is 12.3. The van der Waals surface area contributed by atoms with E-state index in [0.717, 1.165) is 22.6 Å². The lowest BCUT2D eigenvalue weighted by atomic mass is 10.1. The molecule has 1 N–H and O–H groups in total. The summed E-state index contributed by atoms with van der Waals surface area (Å²) in [7, 11) is 0. The molecule has 2 aromatic carbocycles. The van der Waals surface area contributed by atoms with Crippen molar-refractivity contribution in [1.82, 2.24) is 9.55 Å². The second kappa shape index (κ2) is 5.31. The summed E-state index contributed by atoms with van der Waals surface area (Å²) in [6, 6.07) is 18.0. The Morgan fingerprint density at radius 1 is 1.00 bits per heavy atom. The maximum absolute atomic E-state index is 9.56. The van der Waals surface area contributed by atoms with E-state index in [1.807, 2.05) is 65.4 Å². The lowest BCUT2D eigenvalue weighted by Crippen LogP contribution is -1.97. The van der Waals surface area contributed by atoms with Crippen LogP contribution in [0.3, 0.4) is 0 Å². The Balaban J connectivity index is 2.01. The van der Waals surface area contributed by atoms with Gasteiger partial charge in [0.1, 0.15) is 5.82 Å². The van der Waals surface area contributed by atoms with Gasteiger partial charge < -0.3 is 5.11 Å². The van der Waals surface area contributed by atoms with Gasteiger partial charge in [-0.25, -0.2) is 4.98 Å². The van der Waals surface area contributed by atoms with Crippen LogP contribution in [0.2, 0.25) is 0 Å². The maximum Gasteiger partial charge on any atom is 0.144 e. The van der Waals surface area contributed by atoms with Crippen LogP contribution in [0.4, 0.5) is 0 Å². The highest BCUT2D eigenvalue weighted by Crippen LogP contribution is 2.22. The second-order valence-electron chi connectivity index (χ2n) is 4.75. The van der Waals surface area contributed by atoms with Crippen molar-refractivity contribution in [3.63, 3.8) is 0 Å². The van der Waals surface area contributed by atoms with Crippen LogP contribution in [-0.4, -0.2) is 14.7 Å². The van der Waals surface area contributed by atoms with Crippen LogP contribution in [0.15, 0.2) is 67.0 Å². The topological polar surface area (TPSA) is 38.0 Å². The SMILES string of the molecule is C[C@H](O)c1ccc(-n2ccnc2-c2ccccc2)cc1. The van der Waals surface area contributed by atoms with Crippen molar-refractivity contribution < 1.29 is 5.11 Å². The van der Waals surface area contributed by atoms with Gasteiger partial charge in [-0.3, -0.25) is 4.57 Å². The number of rotatable bonds is 3. The highest BCUT2D eigenvalue weighted by Gasteiger charge is 2.07. The molecule has 0 saturated heterocycles. The summed E-state index contributed by atoms with van der Waals surface area (Å²) >= 11 is 0. The fraction of sp³-hybridized carbons (Fsp3) is 0.118. The van der Waals surface area contributed by atoms with Crippen molar-refractivity contribution in [1.29, 1.82) is 0 Å². The van der Waals surface area contributed by atoms with E-state index < -0.39 is 6.10 Å². The molecule has 0 unspecified atom stereocenters. The molecule has 0 aliphatic rings. The number of hydrogen-bond acceptors (Lipinski definition) is 2. The van der Waals surface area contributed by atoms with Crippen LogP contribution in [0.25, 0.3) is 17.1 Å². The van der Waals surface area contributed by atoms with Crippen LogP contribution in [0.1, 0.15) is 18.6 Å². The lowest BCUT2D eigenvalue weighted by Gasteiger charge is -2.10. The Morgan fingerprint density at radius 2 is 1.70 bits per heavy atom. The Morgan fingerprint density at radius 3 is 2.35 bits per heavy atom. The van der Waals surface area contributed by atoms with Gasteiger partial charge in [-0.1, -0.05) is 42.5 Å². The Bertz CT molecular complexity index is 685. The number of aromatic nitrogens is 2. The minimum atomic E-state index is -0.444. The molecule has 100 valence electrons. The number of aliphatic hydroxyl groups excluding tert-OH is 1. The maximum atomic E-state index is 9.56. The Labute approximate surface area is 118 Å². The number of hydrogen-bond donors (Lipinski definition) is 1. The molecule has 0 fully saturated rings. The number of imidazole rings is 1. The fourth-order valence-electron chi connectivity index (χ4n) is 2.23. The molecular weight excluding hydrogens is 248 g/mol. The molecule has 3 nitrogen and oxygen atoms in total. The molecule has 0 aliphatic heterocycles. The molecule has 1 atom stereocenters. The molecule has 1 heterocycles. The minimum Gasteiger partial charge on any atom is -0.389 e. The lowest BCUT2D eigenvalue weighted by molar-refractivity contribution is 0.199. The molecule has 3 aromatic rings. The van der Waals surface area contributed by atoms with E-state index in [4.69, 9.17) is 0 Å². The second-order valence-corrected chi connectivity index (χ2v) is 4.75. The standard InChI is InChI=1S/C17H16N2O/c1-13(20)14-7-9-16(10-8-14)19-12-11-18-17(19)15-5-3-2-4-6-15/h2-13,20H,1H3/t13-/m0/s1. The molecular formula is C17H16N2O. The highest BCUT2D eigenvalue weighted by molar-refractivity contribution is 5.58. The first-order valence-corrected chi connectivity index (χ1v) is 6.63. The molecule has 0 amide bonds. The summed E-state index contributed by atoms with van der Waals surface area (Å²) in [4.78, 5) is 4.43. The van der Waals surface area contributed by atoms with Gasteiger partial charge in [-0.2, -0.15) is 0 Å². The van der Waals surface area contributed by atoms with Gasteiger partial charge in [0.2, 0.25) is 0 Å². The summed E-state index contributed by atoms with van der Waals surface area (Å²) in [6.07, 6.45) is 3.30. The minimum absolute atomic E-state index is 0.444. The first kappa shape index (κ1) is 12.6. The van der Waals surface area contributed by atoms with Crippen molar-refractivity contribution in [3.05, 3.63) is 72.6 Å². The molecule has 20 heavy (non-hydrogen) atoms. The molecule has 0 radical (unpaired) electrons. The molecule has 3 rings (SSSR count). The first-order chi connectivity index (χ1) is 9.75. The van der Waals surface area contributed by atoms with Crippen LogP contribution in [0.5, 0.6) is 0 Å². The number of benzene rings is 2. The van der Waals surface area contributed by atoms with E-state index in [1.54, 1.807) is 13.1 Å². The average molecular weight is 264 g/mol. The van der Waals surface area contributed by atoms with Crippen LogP contribution in [0, 0.1) is 0 Å². The largest absolute Gasteiger partial charge is 0.389 e. The van der Waals surface area contributed by atoms with Gasteiger partial charge in [0.15, 0.2) is 0 Å². The van der Waals surface area contributed by atoms with E-state index in [1.165, 1.54) is 0 Å². The number of nitrogens with zero attached hydrogens (tertiary/aromatic N) is 2. The summed E-state index contributed by atoms with van der Waals surface area (Å²) < 4.78 is 2.04. The molecule has 3 heteroatoms. The third-order valence-electron chi connectivity index (χ3n) is 3.33. The zero-order valence-corrected chi connectivity index (χ0v) is 11.3. The Kier molecular flexibility index (Phi) is 3.35. The third-order valence-corrected chi connectivity index (χ3v) is 3.33. The first-order valence-electron chi connectivity index (χ1n) is 6.63. The van der Waals surface area contributed by atoms with Crippen molar-refractivity contribution in [2.75, 3.05) is 0 Å². The molecule has 0 spiro atoms. The van der Waals surface area contributed by atoms with Gasteiger partial charge in [0.05, 0.1) is 6.10 Å². The van der Waals surface area contributed by atoms with Crippen LogP contribution < -0.4 is 0 Å². The van der Waals surface area contributed by atoms with E-state index in [-0.39, 0.29) is 0 Å². The summed E-state index contributed by atoms with van der Waals surface area (Å²) in [5.74, 6) is 0.912. The van der Waals surface area contributed by atoms with Gasteiger partial charge in [-0.15, -0.1) is 0 Å². The quantitative estimate of drug-likeness (QED) is 0.785. The van der Waals surface area contributed by atoms with Gasteiger partial charge in [-0.05, 0) is 24.6 Å². The van der Waals surface area contributed by atoms with Gasteiger partial charge in [0, 0.05) is 23.6 Å². The predicted molar refractivity (Wildman–Crippen MR) is 79.6 cm³/mol. The monoisotopic (exact) mass is 264 g/mol. The van der Waals surface area contributed by atoms with E-state index >= 15 is 0 Å². The van der Waals surface area contributed by atoms with Crippen molar-refractivity contribution in [2.24, 2.45) is 0 Å². The van der Waals surface area contributed by atoms with E-state index in [9.17, 15) is 5.11 Å². The van der Waals surface area contributed by atoms with Crippen molar-refractivity contribution in [2.45, 2.75) is 13.0 Å². The number of aliphatic hydroxyl groups is 1. The smallest absolute Gasteiger partial charge is 0.144 e. The summed E-state index contributed by atoms with van der Waals surface area (Å²) in [6.45, 7) is 1.77. The van der Waals surface area contributed by atoms with Crippen LogP contribution >= 0.6 is 0 Å². The summed E-state index contributed by atoms with van der Waals surface area (Å²) in [5.41, 5.74) is 3.03. The van der Waals surface area contributed by atoms with Crippen molar-refractivity contribution >= 4 is 0 Å². The Hall–Kier alpha value is -2.39. The van der Waals surface area contributed by atoms with Gasteiger partial charge in [0.25, 0.3) is 0 Å².